The van der Waals surface area contributed by atoms with Gasteiger partial charge in [-0.2, -0.15) is 0 Å². The molecule has 0 spiro atoms. The number of nitrogens with zero attached hydrogens (tertiary/aromatic N) is 1. The number of hydrogen-bond donors (Lipinski definition) is 2. The van der Waals surface area contributed by atoms with E-state index < -0.39 is 0 Å². The Bertz CT molecular complexity index is 381. The maximum atomic E-state index is 12.8. The fourth-order valence-corrected chi connectivity index (χ4v) is 5.86. The summed E-state index contributed by atoms with van der Waals surface area (Å²) in [5.41, 5.74) is 0.161. The molecule has 4 saturated carbocycles. The van der Waals surface area contributed by atoms with E-state index in [1.54, 1.807) is 0 Å². The first-order valence-corrected chi connectivity index (χ1v) is 8.90. The van der Waals surface area contributed by atoms with E-state index in [4.69, 9.17) is 0 Å². The van der Waals surface area contributed by atoms with Gasteiger partial charge in [0.2, 0.25) is 5.91 Å². The molecule has 0 aromatic carbocycles. The van der Waals surface area contributed by atoms with E-state index in [-0.39, 0.29) is 17.5 Å². The number of carbonyl (C=O) groups is 1. The van der Waals surface area contributed by atoms with Gasteiger partial charge in [-0.05, 0) is 63.2 Å². The molecular formula is C17H29N3O. The third kappa shape index (κ3) is 2.61. The van der Waals surface area contributed by atoms with Gasteiger partial charge in [-0.25, -0.2) is 0 Å². The molecule has 5 aliphatic rings. The summed E-state index contributed by atoms with van der Waals surface area (Å²) in [6.07, 6.45) is 8.05. The van der Waals surface area contributed by atoms with Gasteiger partial charge in [-0.15, -0.1) is 0 Å². The maximum absolute atomic E-state index is 12.8. The maximum Gasteiger partial charge on any atom is 0.237 e. The summed E-state index contributed by atoms with van der Waals surface area (Å²) in [7, 11) is 0. The van der Waals surface area contributed by atoms with Crippen LogP contribution in [0.25, 0.3) is 0 Å². The second-order valence-corrected chi connectivity index (χ2v) is 8.15. The minimum Gasteiger partial charge on any atom is -0.349 e. The van der Waals surface area contributed by atoms with Crippen molar-refractivity contribution in [3.8, 4) is 0 Å². The smallest absolute Gasteiger partial charge is 0.237 e. The van der Waals surface area contributed by atoms with Gasteiger partial charge in [0.1, 0.15) is 0 Å². The van der Waals surface area contributed by atoms with E-state index in [0.717, 1.165) is 43.9 Å². The van der Waals surface area contributed by atoms with Crippen LogP contribution in [0.4, 0.5) is 0 Å². The molecule has 1 aliphatic heterocycles. The molecule has 1 unspecified atom stereocenters. The molecule has 2 N–H and O–H groups in total. The zero-order chi connectivity index (χ0) is 14.4. The monoisotopic (exact) mass is 291 g/mol. The molecule has 21 heavy (non-hydrogen) atoms. The van der Waals surface area contributed by atoms with Gasteiger partial charge < -0.3 is 10.6 Å². The molecule has 4 heteroatoms. The van der Waals surface area contributed by atoms with E-state index in [1.807, 2.05) is 0 Å². The van der Waals surface area contributed by atoms with Crippen molar-refractivity contribution in [2.24, 2.45) is 17.8 Å². The molecule has 5 fully saturated rings. The predicted octanol–water partition coefficient (Wildman–Crippen LogP) is 1.37. The third-order valence-corrected chi connectivity index (χ3v) is 6.51. The Morgan fingerprint density at radius 3 is 2.14 bits per heavy atom. The lowest BCUT2D eigenvalue weighted by Gasteiger charge is -2.57. The topological polar surface area (TPSA) is 44.4 Å². The van der Waals surface area contributed by atoms with E-state index >= 15 is 0 Å². The molecule has 0 aromatic heterocycles. The Kier molecular flexibility index (Phi) is 3.49. The van der Waals surface area contributed by atoms with Crippen LogP contribution in [-0.4, -0.2) is 48.6 Å². The Labute approximate surface area is 128 Å². The minimum absolute atomic E-state index is 0.0279. The van der Waals surface area contributed by atoms with Crippen molar-refractivity contribution < 1.29 is 4.79 Å². The van der Waals surface area contributed by atoms with Gasteiger partial charge in [-0.3, -0.25) is 9.69 Å². The lowest BCUT2D eigenvalue weighted by Crippen LogP contribution is -2.63. The van der Waals surface area contributed by atoms with Crippen LogP contribution in [0.3, 0.4) is 0 Å². The highest BCUT2D eigenvalue weighted by Gasteiger charge is 2.51. The van der Waals surface area contributed by atoms with Crippen molar-refractivity contribution in [2.45, 2.75) is 57.0 Å². The lowest BCUT2D eigenvalue weighted by molar-refractivity contribution is -0.131. The van der Waals surface area contributed by atoms with Crippen molar-refractivity contribution in [1.82, 2.24) is 15.5 Å². The zero-order valence-corrected chi connectivity index (χ0v) is 13.2. The minimum atomic E-state index is 0.0279. The third-order valence-electron chi connectivity index (χ3n) is 6.51. The lowest BCUT2D eigenvalue weighted by atomic mass is 9.53. The van der Waals surface area contributed by atoms with Gasteiger partial charge in [0.15, 0.2) is 0 Å². The highest BCUT2D eigenvalue weighted by Crippen LogP contribution is 2.55. The summed E-state index contributed by atoms with van der Waals surface area (Å²) < 4.78 is 0. The number of carbonyl (C=O) groups excluding carboxylic acids is 1. The number of rotatable bonds is 3. The molecule has 4 aliphatic carbocycles. The van der Waals surface area contributed by atoms with Crippen LogP contribution in [0, 0.1) is 17.8 Å². The molecule has 1 amide bonds. The SMILES string of the molecule is CC(C(=O)NC12CC3CC(CC(C3)C1)C2)N1CCNCC1. The normalized spacial score (nSPS) is 43.8. The fourth-order valence-electron chi connectivity index (χ4n) is 5.86. The van der Waals surface area contributed by atoms with Crippen LogP contribution < -0.4 is 10.6 Å². The number of piperazine rings is 1. The second kappa shape index (κ2) is 5.24. The van der Waals surface area contributed by atoms with Crippen LogP contribution in [0.15, 0.2) is 0 Å². The van der Waals surface area contributed by atoms with Crippen molar-refractivity contribution in [3.05, 3.63) is 0 Å². The van der Waals surface area contributed by atoms with Crippen LogP contribution in [-0.2, 0) is 4.79 Å². The molecule has 1 heterocycles. The molecule has 4 nitrogen and oxygen atoms in total. The van der Waals surface area contributed by atoms with Crippen LogP contribution >= 0.6 is 0 Å². The summed E-state index contributed by atoms with van der Waals surface area (Å²) in [6.45, 7) is 6.09. The van der Waals surface area contributed by atoms with E-state index in [9.17, 15) is 4.79 Å². The molecular weight excluding hydrogens is 262 g/mol. The molecule has 118 valence electrons. The quantitative estimate of drug-likeness (QED) is 0.825. The predicted molar refractivity (Wildman–Crippen MR) is 83.0 cm³/mol. The Hall–Kier alpha value is -0.610. The van der Waals surface area contributed by atoms with Crippen LogP contribution in [0.1, 0.15) is 45.4 Å². The average molecular weight is 291 g/mol. The number of hydrogen-bond acceptors (Lipinski definition) is 3. The van der Waals surface area contributed by atoms with Crippen molar-refractivity contribution in [1.29, 1.82) is 0 Å². The zero-order valence-electron chi connectivity index (χ0n) is 13.2. The molecule has 0 radical (unpaired) electrons. The van der Waals surface area contributed by atoms with Crippen LogP contribution in [0.5, 0.6) is 0 Å². The van der Waals surface area contributed by atoms with E-state index in [1.165, 1.54) is 38.5 Å². The van der Waals surface area contributed by atoms with Gasteiger partial charge in [0.05, 0.1) is 6.04 Å². The molecule has 0 aromatic rings. The highest BCUT2D eigenvalue weighted by molar-refractivity contribution is 5.82. The van der Waals surface area contributed by atoms with Gasteiger partial charge in [0, 0.05) is 31.7 Å². The summed E-state index contributed by atoms with van der Waals surface area (Å²) in [5, 5.41) is 6.88. The molecule has 1 atom stereocenters. The molecule has 5 rings (SSSR count). The van der Waals surface area contributed by atoms with E-state index in [2.05, 4.69) is 22.5 Å². The van der Waals surface area contributed by atoms with E-state index in [0.29, 0.717) is 0 Å². The fraction of sp³-hybridized carbons (Fsp3) is 0.941. The summed E-state index contributed by atoms with van der Waals surface area (Å²) in [6, 6.07) is 0.0279. The van der Waals surface area contributed by atoms with Crippen molar-refractivity contribution >= 4 is 5.91 Å². The van der Waals surface area contributed by atoms with Crippen LogP contribution in [0.2, 0.25) is 0 Å². The van der Waals surface area contributed by atoms with Gasteiger partial charge >= 0.3 is 0 Å². The summed E-state index contributed by atoms with van der Waals surface area (Å²) >= 11 is 0. The number of amides is 1. The van der Waals surface area contributed by atoms with Gasteiger partial charge in [-0.1, -0.05) is 0 Å². The van der Waals surface area contributed by atoms with Gasteiger partial charge in [0.25, 0.3) is 0 Å². The first-order chi connectivity index (χ1) is 10.1. The van der Waals surface area contributed by atoms with Crippen molar-refractivity contribution in [3.63, 3.8) is 0 Å². The second-order valence-electron chi connectivity index (χ2n) is 8.15. The largest absolute Gasteiger partial charge is 0.349 e. The number of nitrogens with one attached hydrogen (secondary N) is 2. The summed E-state index contributed by atoms with van der Waals surface area (Å²) in [5.74, 6) is 2.96. The highest BCUT2D eigenvalue weighted by atomic mass is 16.2. The molecule has 4 bridgehead atoms. The summed E-state index contributed by atoms with van der Waals surface area (Å²) in [4.78, 5) is 15.1. The van der Waals surface area contributed by atoms with Crippen molar-refractivity contribution in [2.75, 3.05) is 26.2 Å². The standard InChI is InChI=1S/C17H29N3O/c1-12(20-4-2-18-3-5-20)16(21)19-17-9-13-6-14(10-17)8-15(7-13)11-17/h12-15,18H,2-11H2,1H3,(H,19,21). The first-order valence-electron chi connectivity index (χ1n) is 8.90. The average Bonchev–Trinajstić information content (AvgIpc) is 2.45. The molecule has 1 saturated heterocycles. The Morgan fingerprint density at radius 2 is 1.62 bits per heavy atom. The Morgan fingerprint density at radius 1 is 1.10 bits per heavy atom. The Balaban J connectivity index is 1.42. The first kappa shape index (κ1) is 14.0.